The van der Waals surface area contributed by atoms with Crippen molar-refractivity contribution in [1.82, 2.24) is 14.6 Å². The second kappa shape index (κ2) is 8.23. The monoisotopic (exact) mass is 451 g/mol. The molecule has 0 fully saturated rings. The van der Waals surface area contributed by atoms with Gasteiger partial charge in [0.05, 0.1) is 35.0 Å². The summed E-state index contributed by atoms with van der Waals surface area (Å²) >= 11 is 2.81. The molecular weight excluding hydrogens is 430 g/mol. The van der Waals surface area contributed by atoms with E-state index in [4.69, 9.17) is 10.00 Å². The van der Waals surface area contributed by atoms with Gasteiger partial charge in [-0.1, -0.05) is 11.3 Å². The fourth-order valence-electron chi connectivity index (χ4n) is 3.06. The molecule has 9 heteroatoms. The highest BCUT2D eigenvalue weighted by Gasteiger charge is 2.24. The van der Waals surface area contributed by atoms with Gasteiger partial charge in [-0.05, 0) is 75.2 Å². The molecule has 2 N–H and O–H groups in total. The normalized spacial score (nSPS) is 11.5. The van der Waals surface area contributed by atoms with Crippen LogP contribution in [0.2, 0.25) is 0 Å². The molecule has 0 aliphatic carbocycles. The molecular formula is C22H21N5O2S2. The summed E-state index contributed by atoms with van der Waals surface area (Å²) in [6, 6.07) is 15.3. The predicted molar refractivity (Wildman–Crippen MR) is 123 cm³/mol. The van der Waals surface area contributed by atoms with Gasteiger partial charge in [0.1, 0.15) is 16.4 Å². The van der Waals surface area contributed by atoms with Gasteiger partial charge >= 0.3 is 0 Å². The van der Waals surface area contributed by atoms with Crippen molar-refractivity contribution in [2.24, 2.45) is 0 Å². The Morgan fingerprint density at radius 3 is 2.61 bits per heavy atom. The van der Waals surface area contributed by atoms with Gasteiger partial charge in [-0.15, -0.1) is 0 Å². The van der Waals surface area contributed by atoms with E-state index in [0.717, 1.165) is 38.2 Å². The van der Waals surface area contributed by atoms with Crippen LogP contribution in [0.3, 0.4) is 0 Å². The summed E-state index contributed by atoms with van der Waals surface area (Å²) in [5.74, 6) is 0.740. The van der Waals surface area contributed by atoms with Crippen LogP contribution < -0.4 is 9.46 Å². The highest BCUT2D eigenvalue weighted by molar-refractivity contribution is 8.00. The van der Waals surface area contributed by atoms with E-state index >= 15 is 0 Å². The van der Waals surface area contributed by atoms with Crippen LogP contribution in [0.1, 0.15) is 30.1 Å². The van der Waals surface area contributed by atoms with Crippen molar-refractivity contribution in [3.8, 4) is 23.1 Å². The molecule has 0 unspecified atom stereocenters. The van der Waals surface area contributed by atoms with E-state index in [9.17, 15) is 5.11 Å². The number of aromatic nitrogens is 3. The van der Waals surface area contributed by atoms with Crippen LogP contribution in [0, 0.1) is 18.3 Å². The molecule has 7 nitrogen and oxygen atoms in total. The lowest BCUT2D eigenvalue weighted by Gasteiger charge is -2.13. The molecule has 0 aliphatic heterocycles. The molecule has 0 bridgehead atoms. The molecule has 0 aliphatic rings. The summed E-state index contributed by atoms with van der Waals surface area (Å²) in [7, 11) is 1.64. The number of nitriles is 1. The first-order valence-electron chi connectivity index (χ1n) is 9.50. The maximum Gasteiger partial charge on any atom is 0.213 e. The second-order valence-corrected chi connectivity index (χ2v) is 9.27. The minimum absolute atomic E-state index is 0.613. The van der Waals surface area contributed by atoms with Gasteiger partial charge in [-0.3, -0.25) is 0 Å². The van der Waals surface area contributed by atoms with E-state index in [2.05, 4.69) is 20.9 Å². The van der Waals surface area contributed by atoms with Crippen molar-refractivity contribution in [3.63, 3.8) is 0 Å². The topological polar surface area (TPSA) is 95.5 Å². The van der Waals surface area contributed by atoms with Gasteiger partial charge in [-0.25, -0.2) is 9.50 Å². The van der Waals surface area contributed by atoms with Gasteiger partial charge in [0.25, 0.3) is 0 Å². The van der Waals surface area contributed by atoms with Crippen molar-refractivity contribution in [1.29, 1.82) is 5.26 Å². The van der Waals surface area contributed by atoms with Gasteiger partial charge < -0.3 is 14.6 Å². The number of nitrogens with one attached hydrogen (secondary N) is 1. The zero-order chi connectivity index (χ0) is 22.2. The van der Waals surface area contributed by atoms with E-state index in [1.165, 1.54) is 23.3 Å². The molecule has 31 heavy (non-hydrogen) atoms. The van der Waals surface area contributed by atoms with Crippen LogP contribution in [0.4, 0.5) is 5.69 Å². The number of methoxy groups -OCH3 is 1. The van der Waals surface area contributed by atoms with Crippen molar-refractivity contribution < 1.29 is 9.84 Å². The average Bonchev–Trinajstić information content (AvgIpc) is 3.29. The van der Waals surface area contributed by atoms with Crippen LogP contribution in [-0.4, -0.2) is 26.8 Å². The SMILES string of the molecule is COc1ccc(-c2c(C)nc3sc(C(C)(C)O)nn23)cc1SNc1ccc(C#N)cc1. The Kier molecular flexibility index (Phi) is 5.62. The second-order valence-electron chi connectivity index (χ2n) is 7.47. The summed E-state index contributed by atoms with van der Waals surface area (Å²) in [6.07, 6.45) is 0. The van der Waals surface area contributed by atoms with E-state index in [1.54, 1.807) is 37.6 Å². The Hall–Kier alpha value is -3.06. The first-order valence-corrected chi connectivity index (χ1v) is 11.1. The average molecular weight is 452 g/mol. The maximum atomic E-state index is 10.3. The van der Waals surface area contributed by atoms with Crippen molar-refractivity contribution in [2.45, 2.75) is 31.3 Å². The number of aryl methyl sites for hydroxylation is 1. The Balaban J connectivity index is 1.69. The predicted octanol–water partition coefficient (Wildman–Crippen LogP) is 4.99. The fourth-order valence-corrected chi connectivity index (χ4v) is 4.81. The lowest BCUT2D eigenvalue weighted by Crippen LogP contribution is -2.15. The molecule has 4 rings (SSSR count). The molecule has 2 aromatic carbocycles. The summed E-state index contributed by atoms with van der Waals surface area (Å²) in [5.41, 5.74) is 3.16. The fraction of sp³-hybridized carbons (Fsp3) is 0.227. The molecule has 0 atom stereocenters. The number of fused-ring (bicyclic) bond motifs is 1. The standard InChI is InChI=1S/C22H21N5O2S2/c1-13-19(27-21(24-13)30-20(25-27)22(2,3)28)15-7-10-17(29-4)18(11-15)31-26-16-8-5-14(12-23)6-9-16/h5-11,26,28H,1-4H3. The van der Waals surface area contributed by atoms with Gasteiger partial charge in [-0.2, -0.15) is 10.4 Å². The van der Waals surface area contributed by atoms with Crippen molar-refractivity contribution in [2.75, 3.05) is 11.8 Å². The lowest BCUT2D eigenvalue weighted by atomic mass is 10.1. The van der Waals surface area contributed by atoms with Crippen molar-refractivity contribution in [3.05, 3.63) is 58.7 Å². The number of aliphatic hydroxyl groups is 1. The number of hydrogen-bond acceptors (Lipinski definition) is 8. The molecule has 0 saturated heterocycles. The lowest BCUT2D eigenvalue weighted by molar-refractivity contribution is 0.0773. The third-order valence-corrected chi connectivity index (χ3v) is 6.73. The molecule has 0 saturated carbocycles. The zero-order valence-electron chi connectivity index (χ0n) is 17.5. The summed E-state index contributed by atoms with van der Waals surface area (Å²) in [6.45, 7) is 5.38. The number of imidazole rings is 1. The quantitative estimate of drug-likeness (QED) is 0.399. The van der Waals surface area contributed by atoms with Crippen LogP contribution in [0.25, 0.3) is 16.2 Å². The summed E-state index contributed by atoms with van der Waals surface area (Å²) in [4.78, 5) is 6.27. The Morgan fingerprint density at radius 1 is 1.23 bits per heavy atom. The highest BCUT2D eigenvalue weighted by atomic mass is 32.2. The van der Waals surface area contributed by atoms with Crippen molar-refractivity contribution >= 4 is 33.9 Å². The van der Waals surface area contributed by atoms with E-state index in [1.807, 2.05) is 37.3 Å². The van der Waals surface area contributed by atoms with Crippen LogP contribution in [0.15, 0.2) is 47.4 Å². The van der Waals surface area contributed by atoms with E-state index in [0.29, 0.717) is 10.6 Å². The summed E-state index contributed by atoms with van der Waals surface area (Å²) in [5, 5.41) is 24.5. The van der Waals surface area contributed by atoms with Gasteiger partial charge in [0.15, 0.2) is 0 Å². The van der Waals surface area contributed by atoms with E-state index in [-0.39, 0.29) is 0 Å². The molecule has 2 heterocycles. The van der Waals surface area contributed by atoms with Crippen LogP contribution >= 0.6 is 23.3 Å². The number of rotatable bonds is 6. The minimum Gasteiger partial charge on any atom is -0.496 e. The molecule has 0 spiro atoms. The summed E-state index contributed by atoms with van der Waals surface area (Å²) < 4.78 is 10.6. The third kappa shape index (κ3) is 4.23. The smallest absolute Gasteiger partial charge is 0.213 e. The minimum atomic E-state index is -1.03. The number of benzene rings is 2. The molecule has 4 aromatic rings. The Bertz CT molecular complexity index is 1280. The highest BCUT2D eigenvalue weighted by Crippen LogP contribution is 2.36. The Morgan fingerprint density at radius 2 is 1.97 bits per heavy atom. The van der Waals surface area contributed by atoms with Crippen LogP contribution in [0.5, 0.6) is 5.75 Å². The molecule has 0 amide bonds. The maximum absolute atomic E-state index is 10.3. The zero-order valence-corrected chi connectivity index (χ0v) is 19.1. The van der Waals surface area contributed by atoms with Gasteiger partial charge in [0.2, 0.25) is 4.96 Å². The molecule has 158 valence electrons. The van der Waals surface area contributed by atoms with Gasteiger partial charge in [0, 0.05) is 11.3 Å². The number of anilines is 1. The first-order chi connectivity index (χ1) is 14.8. The molecule has 0 radical (unpaired) electrons. The largest absolute Gasteiger partial charge is 0.496 e. The number of nitrogens with zero attached hydrogens (tertiary/aromatic N) is 4. The van der Waals surface area contributed by atoms with Crippen LogP contribution in [-0.2, 0) is 5.60 Å². The van der Waals surface area contributed by atoms with E-state index < -0.39 is 5.60 Å². The first kappa shape index (κ1) is 21.2. The molecule has 2 aromatic heterocycles. The number of ether oxygens (including phenoxy) is 1. The Labute approximate surface area is 188 Å². The number of hydrogen-bond donors (Lipinski definition) is 2. The third-order valence-electron chi connectivity index (χ3n) is 4.63.